The zero-order valence-electron chi connectivity index (χ0n) is 11.6. The molecule has 2 nitrogen and oxygen atoms in total. The van der Waals surface area contributed by atoms with Crippen LogP contribution in [-0.2, 0) is 6.54 Å². The normalized spacial score (nSPS) is 10.8. The minimum Gasteiger partial charge on any atom is -0.397 e. The number of hydrogen-bond donors (Lipinski definition) is 2. The Kier molecular flexibility index (Phi) is 4.50. The van der Waals surface area contributed by atoms with Gasteiger partial charge in [-0.05, 0) is 23.1 Å². The van der Waals surface area contributed by atoms with E-state index >= 15 is 0 Å². The predicted molar refractivity (Wildman–Crippen MR) is 83.7 cm³/mol. The molecule has 2 aromatic rings. The molecule has 0 radical (unpaired) electrons. The van der Waals surface area contributed by atoms with Gasteiger partial charge in [-0.15, -0.1) is 0 Å². The van der Waals surface area contributed by atoms with E-state index in [2.05, 4.69) is 43.4 Å². The smallest absolute Gasteiger partial charge is 0.143 e. The number of rotatable bonds is 4. The topological polar surface area (TPSA) is 38.0 Å². The Hall–Kier alpha value is -1.74. The largest absolute Gasteiger partial charge is 0.397 e. The van der Waals surface area contributed by atoms with E-state index in [9.17, 15) is 4.39 Å². The van der Waals surface area contributed by atoms with E-state index in [4.69, 9.17) is 17.3 Å². The third kappa shape index (κ3) is 3.42. The molecule has 0 saturated heterocycles. The molecule has 106 valence electrons. The molecular formula is C16H18ClFN2. The van der Waals surface area contributed by atoms with Crippen LogP contribution in [0, 0.1) is 5.82 Å². The van der Waals surface area contributed by atoms with Crippen molar-refractivity contribution in [3.8, 4) is 0 Å². The summed E-state index contributed by atoms with van der Waals surface area (Å²) in [5.41, 5.74) is 9.21. The van der Waals surface area contributed by atoms with Crippen molar-refractivity contribution in [2.24, 2.45) is 0 Å². The Labute approximate surface area is 123 Å². The van der Waals surface area contributed by atoms with Gasteiger partial charge in [0, 0.05) is 12.6 Å². The highest BCUT2D eigenvalue weighted by atomic mass is 35.5. The van der Waals surface area contributed by atoms with Crippen LogP contribution < -0.4 is 11.1 Å². The average molecular weight is 293 g/mol. The lowest BCUT2D eigenvalue weighted by Crippen LogP contribution is -2.03. The highest BCUT2D eigenvalue weighted by molar-refractivity contribution is 6.31. The van der Waals surface area contributed by atoms with Crippen LogP contribution in [0.2, 0.25) is 5.02 Å². The van der Waals surface area contributed by atoms with E-state index in [1.807, 2.05) is 0 Å². The molecule has 0 aromatic heterocycles. The summed E-state index contributed by atoms with van der Waals surface area (Å²) in [5.74, 6) is 0.0385. The molecule has 0 saturated carbocycles. The van der Waals surface area contributed by atoms with Crippen LogP contribution in [0.15, 0.2) is 36.4 Å². The van der Waals surface area contributed by atoms with Gasteiger partial charge in [-0.1, -0.05) is 49.7 Å². The maximum Gasteiger partial charge on any atom is 0.143 e. The van der Waals surface area contributed by atoms with Crippen molar-refractivity contribution in [2.45, 2.75) is 26.3 Å². The summed E-state index contributed by atoms with van der Waals surface area (Å²) in [6, 6.07) is 11.1. The number of halogens is 2. The molecule has 0 fully saturated rings. The Morgan fingerprint density at radius 3 is 2.45 bits per heavy atom. The van der Waals surface area contributed by atoms with Crippen molar-refractivity contribution in [3.63, 3.8) is 0 Å². The summed E-state index contributed by atoms with van der Waals surface area (Å²) in [6.45, 7) is 4.90. The summed E-state index contributed by atoms with van der Waals surface area (Å²) in [5, 5.41) is 3.16. The van der Waals surface area contributed by atoms with Crippen molar-refractivity contribution in [3.05, 3.63) is 58.4 Å². The number of hydrogen-bond acceptors (Lipinski definition) is 2. The van der Waals surface area contributed by atoms with Crippen LogP contribution in [0.4, 0.5) is 15.8 Å². The molecule has 0 spiro atoms. The molecule has 2 aromatic carbocycles. The van der Waals surface area contributed by atoms with Crippen molar-refractivity contribution in [1.82, 2.24) is 0 Å². The van der Waals surface area contributed by atoms with E-state index < -0.39 is 5.82 Å². The first-order chi connectivity index (χ1) is 9.47. The summed E-state index contributed by atoms with van der Waals surface area (Å²) >= 11 is 5.67. The SMILES string of the molecule is CC(C)c1ccc(CNc2cc(F)c(Cl)cc2N)cc1. The van der Waals surface area contributed by atoms with Crippen LogP contribution in [0.25, 0.3) is 0 Å². The molecule has 0 amide bonds. The second kappa shape index (κ2) is 6.14. The molecule has 3 N–H and O–H groups in total. The minimum atomic E-state index is -0.474. The summed E-state index contributed by atoms with van der Waals surface area (Å²) in [7, 11) is 0. The monoisotopic (exact) mass is 292 g/mol. The standard InChI is InChI=1S/C16H18ClFN2/c1-10(2)12-5-3-11(4-6-12)9-20-16-8-14(18)13(17)7-15(16)19/h3-8,10,20H,9,19H2,1-2H3. The van der Waals surface area contributed by atoms with Crippen LogP contribution in [0.1, 0.15) is 30.9 Å². The van der Waals surface area contributed by atoms with Gasteiger partial charge >= 0.3 is 0 Å². The summed E-state index contributed by atoms with van der Waals surface area (Å²) in [6.07, 6.45) is 0. The van der Waals surface area contributed by atoms with Gasteiger partial charge in [0.05, 0.1) is 16.4 Å². The van der Waals surface area contributed by atoms with Crippen LogP contribution >= 0.6 is 11.6 Å². The van der Waals surface area contributed by atoms with Crippen molar-refractivity contribution in [1.29, 1.82) is 0 Å². The van der Waals surface area contributed by atoms with Gasteiger partial charge in [0.2, 0.25) is 0 Å². The lowest BCUT2D eigenvalue weighted by molar-refractivity contribution is 0.629. The lowest BCUT2D eigenvalue weighted by Gasteiger charge is -2.11. The Balaban J connectivity index is 2.07. The van der Waals surface area contributed by atoms with E-state index in [0.717, 1.165) is 5.56 Å². The highest BCUT2D eigenvalue weighted by Crippen LogP contribution is 2.26. The Morgan fingerprint density at radius 1 is 1.20 bits per heavy atom. The van der Waals surface area contributed by atoms with E-state index in [1.165, 1.54) is 17.7 Å². The summed E-state index contributed by atoms with van der Waals surface area (Å²) < 4.78 is 13.4. The first-order valence-electron chi connectivity index (χ1n) is 6.54. The number of benzene rings is 2. The fraction of sp³-hybridized carbons (Fsp3) is 0.250. The summed E-state index contributed by atoms with van der Waals surface area (Å²) in [4.78, 5) is 0. The first-order valence-corrected chi connectivity index (χ1v) is 6.92. The van der Waals surface area contributed by atoms with Crippen LogP contribution in [0.5, 0.6) is 0 Å². The molecule has 20 heavy (non-hydrogen) atoms. The molecule has 4 heteroatoms. The molecule has 0 bridgehead atoms. The fourth-order valence-corrected chi connectivity index (χ4v) is 2.11. The zero-order valence-corrected chi connectivity index (χ0v) is 12.3. The van der Waals surface area contributed by atoms with Crippen LogP contribution in [0.3, 0.4) is 0 Å². The number of nitrogens with one attached hydrogen (secondary N) is 1. The number of nitrogen functional groups attached to an aromatic ring is 1. The molecular weight excluding hydrogens is 275 g/mol. The Bertz CT molecular complexity index is 594. The maximum atomic E-state index is 13.4. The minimum absolute atomic E-state index is 0.0364. The second-order valence-electron chi connectivity index (χ2n) is 5.10. The van der Waals surface area contributed by atoms with E-state index in [1.54, 1.807) is 0 Å². The van der Waals surface area contributed by atoms with Gasteiger partial charge in [0.25, 0.3) is 0 Å². The predicted octanol–water partition coefficient (Wildman–Crippen LogP) is 4.80. The zero-order chi connectivity index (χ0) is 14.7. The lowest BCUT2D eigenvalue weighted by atomic mass is 10.0. The quantitative estimate of drug-likeness (QED) is 0.795. The molecule has 0 atom stereocenters. The average Bonchev–Trinajstić information content (AvgIpc) is 2.42. The molecule has 0 unspecified atom stereocenters. The van der Waals surface area contributed by atoms with Gasteiger partial charge in [0.15, 0.2) is 0 Å². The van der Waals surface area contributed by atoms with Crippen molar-refractivity contribution in [2.75, 3.05) is 11.1 Å². The third-order valence-corrected chi connectivity index (χ3v) is 3.51. The highest BCUT2D eigenvalue weighted by Gasteiger charge is 2.06. The Morgan fingerprint density at radius 2 is 1.85 bits per heavy atom. The molecule has 2 rings (SSSR count). The number of anilines is 2. The third-order valence-electron chi connectivity index (χ3n) is 3.22. The van der Waals surface area contributed by atoms with Gasteiger partial charge in [-0.25, -0.2) is 4.39 Å². The van der Waals surface area contributed by atoms with E-state index in [0.29, 0.717) is 23.8 Å². The molecule has 0 aliphatic carbocycles. The van der Waals surface area contributed by atoms with Crippen molar-refractivity contribution < 1.29 is 4.39 Å². The molecule has 0 heterocycles. The van der Waals surface area contributed by atoms with Crippen LogP contribution in [-0.4, -0.2) is 0 Å². The first kappa shape index (κ1) is 14.7. The molecule has 0 aliphatic heterocycles. The molecule has 0 aliphatic rings. The van der Waals surface area contributed by atoms with Crippen molar-refractivity contribution >= 4 is 23.0 Å². The van der Waals surface area contributed by atoms with Gasteiger partial charge in [-0.2, -0.15) is 0 Å². The number of nitrogens with two attached hydrogens (primary N) is 1. The van der Waals surface area contributed by atoms with E-state index in [-0.39, 0.29) is 5.02 Å². The van der Waals surface area contributed by atoms with Gasteiger partial charge < -0.3 is 11.1 Å². The van der Waals surface area contributed by atoms with Gasteiger partial charge in [0.1, 0.15) is 5.82 Å². The van der Waals surface area contributed by atoms with Gasteiger partial charge in [-0.3, -0.25) is 0 Å². The fourth-order valence-electron chi connectivity index (χ4n) is 1.93. The second-order valence-corrected chi connectivity index (χ2v) is 5.51. The maximum absolute atomic E-state index is 13.4.